The van der Waals surface area contributed by atoms with Crippen LogP contribution in [0.3, 0.4) is 0 Å². The van der Waals surface area contributed by atoms with Crippen LogP contribution in [0.25, 0.3) is 10.2 Å². The predicted molar refractivity (Wildman–Crippen MR) is 135 cm³/mol. The second-order valence-electron chi connectivity index (χ2n) is 10.1. The van der Waals surface area contributed by atoms with E-state index in [0.29, 0.717) is 11.5 Å². The van der Waals surface area contributed by atoms with Crippen LogP contribution in [-0.4, -0.2) is 42.0 Å². The van der Waals surface area contributed by atoms with Gasteiger partial charge in [0.1, 0.15) is 11.6 Å². The van der Waals surface area contributed by atoms with E-state index in [4.69, 9.17) is 0 Å². The first-order chi connectivity index (χ1) is 16.5. The number of fused-ring (bicyclic) bond motifs is 1. The van der Waals surface area contributed by atoms with Gasteiger partial charge in [0, 0.05) is 25.6 Å². The Kier molecular flexibility index (Phi) is 7.90. The van der Waals surface area contributed by atoms with Gasteiger partial charge in [0.15, 0.2) is 0 Å². The lowest BCUT2D eigenvalue weighted by molar-refractivity contribution is 0.0919. The number of hydrogen-bond acceptors (Lipinski definition) is 5. The Hall–Kier alpha value is -1.94. The molecule has 2 aromatic carbocycles. The van der Waals surface area contributed by atoms with Crippen LogP contribution in [0.5, 0.6) is 0 Å². The monoisotopic (exact) mass is 522 g/mol. The Morgan fingerprint density at radius 3 is 2.40 bits per heavy atom. The Labute approximate surface area is 209 Å². The van der Waals surface area contributed by atoms with Gasteiger partial charge in [-0.15, -0.1) is 11.3 Å². The van der Waals surface area contributed by atoms with Crippen molar-refractivity contribution in [2.75, 3.05) is 13.1 Å². The molecule has 1 aliphatic carbocycles. The summed E-state index contributed by atoms with van der Waals surface area (Å²) in [4.78, 5) is 4.83. The maximum absolute atomic E-state index is 13.6. The van der Waals surface area contributed by atoms with Crippen molar-refractivity contribution in [2.45, 2.75) is 57.5 Å². The molecule has 0 bridgehead atoms. The lowest BCUT2D eigenvalue weighted by Crippen LogP contribution is -2.42. The van der Waals surface area contributed by atoms with Crippen molar-refractivity contribution in [1.82, 2.24) is 9.29 Å². The molecule has 3 aromatic rings. The number of aliphatic hydroxyl groups excluding tert-OH is 1. The fourth-order valence-electron chi connectivity index (χ4n) is 4.22. The van der Waals surface area contributed by atoms with E-state index in [2.05, 4.69) is 4.98 Å². The molecule has 2 atom stereocenters. The number of nitrogens with zero attached hydrogens (tertiary/aromatic N) is 2. The van der Waals surface area contributed by atoms with E-state index in [9.17, 15) is 22.3 Å². The summed E-state index contributed by atoms with van der Waals surface area (Å²) in [6, 6.07) is 8.28. The van der Waals surface area contributed by atoms with Crippen LogP contribution < -0.4 is 0 Å². The van der Waals surface area contributed by atoms with E-state index in [-0.39, 0.29) is 30.3 Å². The largest absolute Gasteiger partial charge is 0.391 e. The number of thiazole rings is 1. The highest BCUT2D eigenvalue weighted by atomic mass is 32.2. The maximum atomic E-state index is 13.6. The van der Waals surface area contributed by atoms with Crippen molar-refractivity contribution in [3.8, 4) is 0 Å². The fourth-order valence-corrected chi connectivity index (χ4v) is 7.07. The molecule has 1 aliphatic rings. The molecule has 9 heteroatoms. The summed E-state index contributed by atoms with van der Waals surface area (Å²) >= 11 is 1.54. The van der Waals surface area contributed by atoms with Gasteiger partial charge in [0.05, 0.1) is 26.2 Å². The topological polar surface area (TPSA) is 70.5 Å². The van der Waals surface area contributed by atoms with E-state index >= 15 is 0 Å². The third-order valence-electron chi connectivity index (χ3n) is 6.30. The molecular formula is C26H32F2N2O3S2. The number of benzene rings is 2. The van der Waals surface area contributed by atoms with Crippen LogP contribution >= 0.6 is 11.3 Å². The highest BCUT2D eigenvalue weighted by Gasteiger charge is 2.30. The molecule has 1 aromatic heterocycles. The minimum atomic E-state index is -3.87. The van der Waals surface area contributed by atoms with Crippen molar-refractivity contribution in [3.05, 3.63) is 58.6 Å². The van der Waals surface area contributed by atoms with Crippen molar-refractivity contribution in [3.63, 3.8) is 0 Å². The lowest BCUT2D eigenvalue weighted by Gasteiger charge is -2.29. The van der Waals surface area contributed by atoms with Gasteiger partial charge in [-0.25, -0.2) is 22.2 Å². The molecule has 1 fully saturated rings. The number of aliphatic hydroxyl groups is 1. The van der Waals surface area contributed by atoms with Gasteiger partial charge >= 0.3 is 0 Å². The van der Waals surface area contributed by atoms with Crippen LogP contribution in [0, 0.1) is 29.4 Å². The number of halogens is 2. The molecular weight excluding hydrogens is 490 g/mol. The van der Waals surface area contributed by atoms with Crippen molar-refractivity contribution in [1.29, 1.82) is 0 Å². The molecule has 0 radical (unpaired) electrons. The molecule has 1 unspecified atom stereocenters. The number of sulfonamides is 1. The summed E-state index contributed by atoms with van der Waals surface area (Å²) in [5, 5.41) is 11.9. The number of rotatable bonds is 11. The summed E-state index contributed by atoms with van der Waals surface area (Å²) in [6.45, 7) is 5.73. The van der Waals surface area contributed by atoms with Gasteiger partial charge in [0.25, 0.3) is 0 Å². The first-order valence-corrected chi connectivity index (χ1v) is 14.3. The van der Waals surface area contributed by atoms with Gasteiger partial charge in [-0.05, 0) is 72.9 Å². The maximum Gasteiger partial charge on any atom is 0.243 e. The Balaban J connectivity index is 1.53. The molecule has 0 aliphatic heterocycles. The SMILES string of the molecule is CC(C)CN(C[C@@H](O)C(C)Cc1cc(F)cc(F)c1)S(=O)(=O)c1ccc2nc(CC3CC3)sc2c1. The fraction of sp³-hybridized carbons (Fsp3) is 0.500. The first-order valence-electron chi connectivity index (χ1n) is 12.0. The minimum Gasteiger partial charge on any atom is -0.391 e. The highest BCUT2D eigenvalue weighted by molar-refractivity contribution is 7.89. The van der Waals surface area contributed by atoms with Crippen LogP contribution in [0.15, 0.2) is 41.3 Å². The average molecular weight is 523 g/mol. The zero-order valence-electron chi connectivity index (χ0n) is 20.2. The van der Waals surface area contributed by atoms with E-state index in [1.165, 1.54) is 40.6 Å². The molecule has 0 saturated heterocycles. The van der Waals surface area contributed by atoms with E-state index < -0.39 is 33.7 Å². The standard InChI is InChI=1S/C26H32F2N2O3S2/c1-16(2)14-30(15-24(31)17(3)8-19-9-20(27)12-21(28)10-19)35(32,33)22-6-7-23-25(13-22)34-26(29-23)11-18-4-5-18/h6-7,9-10,12-13,16-18,24,31H,4-5,8,11,14-15H2,1-3H3/t17?,24-/m1/s1. The zero-order chi connectivity index (χ0) is 25.3. The molecule has 1 saturated carbocycles. The van der Waals surface area contributed by atoms with Gasteiger partial charge in [-0.1, -0.05) is 20.8 Å². The molecule has 0 spiro atoms. The third-order valence-corrected chi connectivity index (χ3v) is 9.17. The lowest BCUT2D eigenvalue weighted by atomic mass is 9.95. The van der Waals surface area contributed by atoms with Gasteiger partial charge in [-0.2, -0.15) is 4.31 Å². The summed E-state index contributed by atoms with van der Waals surface area (Å²) in [7, 11) is -3.87. The zero-order valence-corrected chi connectivity index (χ0v) is 21.9. The molecule has 190 valence electrons. The third kappa shape index (κ3) is 6.64. The Bertz CT molecular complexity index is 1270. The van der Waals surface area contributed by atoms with Gasteiger partial charge in [0.2, 0.25) is 10.0 Å². The van der Waals surface area contributed by atoms with Crippen molar-refractivity contribution >= 4 is 31.6 Å². The minimum absolute atomic E-state index is 0.0434. The smallest absolute Gasteiger partial charge is 0.243 e. The van der Waals surface area contributed by atoms with E-state index in [1.807, 2.05) is 13.8 Å². The summed E-state index contributed by atoms with van der Waals surface area (Å²) in [5.74, 6) is -1.02. The Morgan fingerprint density at radius 2 is 1.77 bits per heavy atom. The molecule has 4 rings (SSSR count). The van der Waals surface area contributed by atoms with Crippen LogP contribution in [0.4, 0.5) is 8.78 Å². The summed E-state index contributed by atoms with van der Waals surface area (Å²) in [5.41, 5.74) is 1.22. The normalized spacial score (nSPS) is 16.3. The quantitative estimate of drug-likeness (QED) is 0.365. The Morgan fingerprint density at radius 1 is 1.09 bits per heavy atom. The second-order valence-corrected chi connectivity index (χ2v) is 13.2. The molecule has 35 heavy (non-hydrogen) atoms. The summed E-state index contributed by atoms with van der Waals surface area (Å²) in [6.07, 6.45) is 2.62. The first kappa shape index (κ1) is 26.1. The van der Waals surface area contributed by atoms with Crippen LogP contribution in [0.2, 0.25) is 0 Å². The molecule has 0 amide bonds. The predicted octanol–water partition coefficient (Wildman–Crippen LogP) is 5.41. The summed E-state index contributed by atoms with van der Waals surface area (Å²) < 4.78 is 56.5. The van der Waals surface area contributed by atoms with Gasteiger partial charge < -0.3 is 5.11 Å². The molecule has 1 heterocycles. The van der Waals surface area contributed by atoms with E-state index in [0.717, 1.165) is 27.7 Å². The highest BCUT2D eigenvalue weighted by Crippen LogP contribution is 2.35. The molecule has 5 nitrogen and oxygen atoms in total. The van der Waals surface area contributed by atoms with Crippen molar-refractivity contribution < 1.29 is 22.3 Å². The van der Waals surface area contributed by atoms with E-state index in [1.54, 1.807) is 25.1 Å². The van der Waals surface area contributed by atoms with Crippen molar-refractivity contribution in [2.24, 2.45) is 17.8 Å². The van der Waals surface area contributed by atoms with Crippen LogP contribution in [0.1, 0.15) is 44.2 Å². The van der Waals surface area contributed by atoms with Crippen LogP contribution in [-0.2, 0) is 22.9 Å². The number of aromatic nitrogens is 1. The average Bonchev–Trinajstić information content (AvgIpc) is 3.47. The number of hydrogen-bond donors (Lipinski definition) is 1. The van der Waals surface area contributed by atoms with Gasteiger partial charge in [-0.3, -0.25) is 0 Å². The molecule has 1 N–H and O–H groups in total. The second kappa shape index (κ2) is 10.6.